The van der Waals surface area contributed by atoms with Crippen LogP contribution in [0.2, 0.25) is 0 Å². The molecule has 1 nitrogen and oxygen atoms in total. The Morgan fingerprint density at radius 1 is 0.800 bits per heavy atom. The molecule has 0 N–H and O–H groups in total. The first kappa shape index (κ1) is 13.9. The Balaban J connectivity index is 2.32. The summed E-state index contributed by atoms with van der Waals surface area (Å²) in [5.74, 6) is -1.33. The van der Waals surface area contributed by atoms with Gasteiger partial charge in [-0.05, 0) is 35.4 Å². The Bertz CT molecular complexity index is 656. The Labute approximate surface area is 131 Å². The summed E-state index contributed by atoms with van der Waals surface area (Å²) in [6.45, 7) is 0. The number of hydrogen-bond acceptors (Lipinski definition) is 1. The molecule has 0 amide bonds. The van der Waals surface area contributed by atoms with Crippen LogP contribution in [0, 0.1) is 11.6 Å². The van der Waals surface area contributed by atoms with Crippen molar-refractivity contribution in [3.05, 3.63) is 70.3 Å². The van der Waals surface area contributed by atoms with Crippen LogP contribution in [-0.4, -0.2) is 5.78 Å². The van der Waals surface area contributed by atoms with Gasteiger partial charge in [0.15, 0.2) is 5.78 Å². The summed E-state index contributed by atoms with van der Waals surface area (Å²) in [5.41, 5.74) is 1.91. The normalized spacial score (nSPS) is 21.1. The fourth-order valence-electron chi connectivity index (χ4n) is 2.39. The number of hydrogen-bond donors (Lipinski definition) is 0. The first-order valence-electron chi connectivity index (χ1n) is 5.91. The lowest BCUT2D eigenvalue weighted by Crippen LogP contribution is -2.05. The van der Waals surface area contributed by atoms with Gasteiger partial charge in [0.1, 0.15) is 11.6 Å². The van der Waals surface area contributed by atoms with E-state index in [1.807, 2.05) is 0 Å². The minimum absolute atomic E-state index is 0.200. The number of carbonyl (C=O) groups excluding carboxylic acids is 1. The quantitative estimate of drug-likeness (QED) is 0.562. The van der Waals surface area contributed by atoms with Crippen LogP contribution in [0.5, 0.6) is 0 Å². The molecule has 2 aromatic rings. The lowest BCUT2D eigenvalue weighted by atomic mass is 9.99. The molecule has 1 aliphatic carbocycles. The smallest absolute Gasteiger partial charge is 0.193 e. The van der Waals surface area contributed by atoms with E-state index in [0.29, 0.717) is 11.1 Å². The summed E-state index contributed by atoms with van der Waals surface area (Å²) in [6.07, 6.45) is 0. The van der Waals surface area contributed by atoms with Crippen molar-refractivity contribution < 1.29 is 13.6 Å². The van der Waals surface area contributed by atoms with Crippen LogP contribution >= 0.6 is 31.9 Å². The first-order chi connectivity index (χ1) is 9.49. The van der Waals surface area contributed by atoms with Gasteiger partial charge in [-0.25, -0.2) is 8.78 Å². The predicted octanol–water partition coefficient (Wildman–Crippen LogP) is 5.08. The van der Waals surface area contributed by atoms with E-state index in [-0.39, 0.29) is 26.6 Å². The molecule has 5 heteroatoms. The van der Waals surface area contributed by atoms with Crippen molar-refractivity contribution in [2.75, 3.05) is 0 Å². The molecule has 0 aliphatic heterocycles. The molecule has 0 saturated heterocycles. The molecular formula is C15H8Br2F2O. The lowest BCUT2D eigenvalue weighted by Gasteiger charge is -2.16. The van der Waals surface area contributed by atoms with E-state index in [0.717, 1.165) is 0 Å². The number of benzene rings is 2. The van der Waals surface area contributed by atoms with Crippen molar-refractivity contribution in [3.8, 4) is 0 Å². The van der Waals surface area contributed by atoms with Gasteiger partial charge in [-0.3, -0.25) is 4.79 Å². The average molecular weight is 402 g/mol. The number of alkyl halides is 2. The zero-order chi connectivity index (χ0) is 14.4. The van der Waals surface area contributed by atoms with E-state index in [9.17, 15) is 13.6 Å². The number of ketones is 1. The van der Waals surface area contributed by atoms with Crippen LogP contribution < -0.4 is 0 Å². The van der Waals surface area contributed by atoms with Gasteiger partial charge in [-0.2, -0.15) is 0 Å². The second-order valence-corrected chi connectivity index (χ2v) is 6.57. The minimum Gasteiger partial charge on any atom is -0.289 e. The Kier molecular flexibility index (Phi) is 3.50. The third-order valence-corrected chi connectivity index (χ3v) is 6.12. The molecular weight excluding hydrogens is 394 g/mol. The molecule has 20 heavy (non-hydrogen) atoms. The SMILES string of the molecule is O=C1c2cc(F)ccc2[C@@H](Br)[C@@H](Br)c2ccc(F)cc21. The van der Waals surface area contributed by atoms with Crippen LogP contribution in [0.25, 0.3) is 0 Å². The van der Waals surface area contributed by atoms with Gasteiger partial charge in [0.2, 0.25) is 0 Å². The fraction of sp³-hybridized carbons (Fsp3) is 0.133. The summed E-state index contributed by atoms with van der Waals surface area (Å²) in [6, 6.07) is 8.20. The van der Waals surface area contributed by atoms with Gasteiger partial charge >= 0.3 is 0 Å². The second-order valence-electron chi connectivity index (χ2n) is 4.60. The molecule has 1 aliphatic rings. The molecule has 0 fully saturated rings. The maximum absolute atomic E-state index is 13.4. The highest BCUT2D eigenvalue weighted by molar-refractivity contribution is 9.12. The summed E-state index contributed by atoms with van der Waals surface area (Å²) in [4.78, 5) is 12.1. The monoisotopic (exact) mass is 400 g/mol. The largest absolute Gasteiger partial charge is 0.289 e. The average Bonchev–Trinajstić information content (AvgIpc) is 2.50. The minimum atomic E-state index is -0.484. The molecule has 0 saturated carbocycles. The highest BCUT2D eigenvalue weighted by Gasteiger charge is 2.32. The third kappa shape index (κ3) is 2.13. The van der Waals surface area contributed by atoms with Crippen molar-refractivity contribution in [1.29, 1.82) is 0 Å². The summed E-state index contributed by atoms with van der Waals surface area (Å²) in [7, 11) is 0. The van der Waals surface area contributed by atoms with Crippen molar-refractivity contribution in [2.24, 2.45) is 0 Å². The molecule has 3 rings (SSSR count). The molecule has 2 aromatic carbocycles. The van der Waals surface area contributed by atoms with E-state index < -0.39 is 11.6 Å². The number of halogens is 4. The second kappa shape index (κ2) is 5.04. The Hall–Kier alpha value is -1.07. The summed E-state index contributed by atoms with van der Waals surface area (Å²) in [5, 5.41) is 0. The molecule has 0 bridgehead atoms. The molecule has 0 spiro atoms. The van der Waals surface area contributed by atoms with Gasteiger partial charge < -0.3 is 0 Å². The molecule has 0 aromatic heterocycles. The van der Waals surface area contributed by atoms with Crippen molar-refractivity contribution in [1.82, 2.24) is 0 Å². The lowest BCUT2D eigenvalue weighted by molar-refractivity contribution is 0.103. The summed E-state index contributed by atoms with van der Waals surface area (Å²) < 4.78 is 26.9. The van der Waals surface area contributed by atoms with E-state index in [4.69, 9.17) is 0 Å². The Morgan fingerprint density at radius 2 is 1.20 bits per heavy atom. The number of carbonyl (C=O) groups is 1. The molecule has 0 unspecified atom stereocenters. The topological polar surface area (TPSA) is 17.1 Å². The van der Waals surface area contributed by atoms with Gasteiger partial charge in [-0.1, -0.05) is 44.0 Å². The highest BCUT2D eigenvalue weighted by atomic mass is 79.9. The standard InChI is InChI=1S/C15H8Br2F2O/c16-13-9-3-1-7(18)5-11(9)15(20)12-6-8(19)2-4-10(12)14(13)17/h1-6,13-14H/t13-,14+. The highest BCUT2D eigenvalue weighted by Crippen LogP contribution is 2.47. The molecule has 0 heterocycles. The van der Waals surface area contributed by atoms with Gasteiger partial charge in [0.25, 0.3) is 0 Å². The van der Waals surface area contributed by atoms with Crippen molar-refractivity contribution in [2.45, 2.75) is 9.65 Å². The Morgan fingerprint density at radius 3 is 1.60 bits per heavy atom. The maximum Gasteiger partial charge on any atom is 0.193 e. The molecule has 0 radical (unpaired) electrons. The van der Waals surface area contributed by atoms with Gasteiger partial charge in [0, 0.05) is 11.1 Å². The van der Waals surface area contributed by atoms with E-state index >= 15 is 0 Å². The van der Waals surface area contributed by atoms with Crippen LogP contribution in [0.3, 0.4) is 0 Å². The fourth-order valence-corrected chi connectivity index (χ4v) is 3.76. The van der Waals surface area contributed by atoms with Crippen molar-refractivity contribution >= 4 is 37.6 Å². The van der Waals surface area contributed by atoms with E-state index in [1.54, 1.807) is 12.1 Å². The molecule has 102 valence electrons. The predicted molar refractivity (Wildman–Crippen MR) is 79.6 cm³/mol. The summed E-state index contributed by atoms with van der Waals surface area (Å²) >= 11 is 7.06. The number of fused-ring (bicyclic) bond motifs is 2. The van der Waals surface area contributed by atoms with Gasteiger partial charge in [0.05, 0.1) is 9.65 Å². The van der Waals surface area contributed by atoms with Crippen LogP contribution in [0.15, 0.2) is 36.4 Å². The van der Waals surface area contributed by atoms with Crippen LogP contribution in [0.4, 0.5) is 8.78 Å². The van der Waals surface area contributed by atoms with Gasteiger partial charge in [-0.15, -0.1) is 0 Å². The van der Waals surface area contributed by atoms with Crippen LogP contribution in [-0.2, 0) is 0 Å². The maximum atomic E-state index is 13.4. The molecule has 2 atom stereocenters. The number of rotatable bonds is 0. The van der Waals surface area contributed by atoms with Crippen LogP contribution in [0.1, 0.15) is 36.7 Å². The van der Waals surface area contributed by atoms with Crippen molar-refractivity contribution in [3.63, 3.8) is 0 Å². The van der Waals surface area contributed by atoms with E-state index in [2.05, 4.69) is 31.9 Å². The zero-order valence-corrected chi connectivity index (χ0v) is 13.2. The van der Waals surface area contributed by atoms with E-state index in [1.165, 1.54) is 24.3 Å². The first-order valence-corrected chi connectivity index (χ1v) is 7.74. The zero-order valence-electron chi connectivity index (χ0n) is 10.0. The third-order valence-electron chi connectivity index (χ3n) is 3.37.